The van der Waals surface area contributed by atoms with Gasteiger partial charge in [-0.1, -0.05) is 6.42 Å². The average molecular weight is 279 g/mol. The molecule has 0 saturated carbocycles. The number of nitrogens with zero attached hydrogens (tertiary/aromatic N) is 2. The second kappa shape index (κ2) is 6.44. The summed E-state index contributed by atoms with van der Waals surface area (Å²) in [6, 6.07) is 5.24. The van der Waals surface area contributed by atoms with E-state index in [9.17, 15) is 9.18 Å². The largest absolute Gasteiger partial charge is 0.347 e. The Morgan fingerprint density at radius 3 is 2.65 bits per heavy atom. The standard InChI is InChI=1S/C13H18FN5O/c14-9-4-6-10(7-5-9)19-12(17-18-13(19)20)11(16)3-1-2-8-15/h4-7,11H,1-3,8,15-16H2,(H,18,20)/t11-/m0/s1. The third-order valence-corrected chi connectivity index (χ3v) is 3.08. The normalized spacial score (nSPS) is 12.6. The minimum atomic E-state index is -0.388. The second-order valence-electron chi connectivity index (χ2n) is 4.59. The number of aromatic nitrogens is 3. The van der Waals surface area contributed by atoms with Gasteiger partial charge in [0.05, 0.1) is 11.7 Å². The minimum absolute atomic E-state index is 0.362. The highest BCUT2D eigenvalue weighted by Gasteiger charge is 2.17. The predicted octanol–water partition coefficient (Wildman–Crippen LogP) is 0.829. The molecule has 0 fully saturated rings. The summed E-state index contributed by atoms with van der Waals surface area (Å²) >= 11 is 0. The van der Waals surface area contributed by atoms with Crippen LogP contribution >= 0.6 is 0 Å². The molecule has 0 amide bonds. The van der Waals surface area contributed by atoms with Crippen molar-refractivity contribution in [1.82, 2.24) is 14.8 Å². The lowest BCUT2D eigenvalue weighted by Crippen LogP contribution is -2.22. The van der Waals surface area contributed by atoms with E-state index in [-0.39, 0.29) is 17.5 Å². The molecule has 0 unspecified atom stereocenters. The van der Waals surface area contributed by atoms with E-state index in [4.69, 9.17) is 11.5 Å². The first kappa shape index (κ1) is 14.4. The van der Waals surface area contributed by atoms with E-state index in [1.807, 2.05) is 0 Å². The fourth-order valence-corrected chi connectivity index (χ4v) is 2.04. The highest BCUT2D eigenvalue weighted by molar-refractivity contribution is 5.33. The van der Waals surface area contributed by atoms with Gasteiger partial charge in [0.15, 0.2) is 5.82 Å². The van der Waals surface area contributed by atoms with Crippen molar-refractivity contribution in [3.8, 4) is 5.69 Å². The zero-order valence-corrected chi connectivity index (χ0v) is 11.1. The van der Waals surface area contributed by atoms with Crippen molar-refractivity contribution in [1.29, 1.82) is 0 Å². The lowest BCUT2D eigenvalue weighted by Gasteiger charge is -2.12. The molecule has 1 heterocycles. The molecule has 0 bridgehead atoms. The molecule has 1 atom stereocenters. The average Bonchev–Trinajstić information content (AvgIpc) is 2.82. The van der Waals surface area contributed by atoms with E-state index >= 15 is 0 Å². The number of benzene rings is 1. The van der Waals surface area contributed by atoms with Crippen LogP contribution < -0.4 is 17.2 Å². The van der Waals surface area contributed by atoms with Crippen molar-refractivity contribution in [2.75, 3.05) is 6.54 Å². The van der Waals surface area contributed by atoms with Crippen molar-refractivity contribution in [3.05, 3.63) is 46.4 Å². The maximum atomic E-state index is 12.9. The van der Waals surface area contributed by atoms with Crippen molar-refractivity contribution in [2.24, 2.45) is 11.5 Å². The van der Waals surface area contributed by atoms with Crippen LogP contribution in [0.3, 0.4) is 0 Å². The summed E-state index contributed by atoms with van der Waals surface area (Å²) in [6.07, 6.45) is 2.42. The lowest BCUT2D eigenvalue weighted by molar-refractivity contribution is 0.556. The maximum absolute atomic E-state index is 12.9. The van der Waals surface area contributed by atoms with E-state index in [1.165, 1.54) is 28.8 Å². The lowest BCUT2D eigenvalue weighted by atomic mass is 10.1. The smallest absolute Gasteiger partial charge is 0.330 e. The fourth-order valence-electron chi connectivity index (χ4n) is 2.04. The minimum Gasteiger partial charge on any atom is -0.330 e. The Kier molecular flexibility index (Phi) is 4.65. The van der Waals surface area contributed by atoms with E-state index < -0.39 is 0 Å². The van der Waals surface area contributed by atoms with Crippen LogP contribution in [0.2, 0.25) is 0 Å². The molecule has 0 spiro atoms. The van der Waals surface area contributed by atoms with Gasteiger partial charge >= 0.3 is 5.69 Å². The summed E-state index contributed by atoms with van der Waals surface area (Å²) in [7, 11) is 0. The zero-order chi connectivity index (χ0) is 14.5. The van der Waals surface area contributed by atoms with Crippen molar-refractivity contribution in [2.45, 2.75) is 25.3 Å². The molecule has 108 valence electrons. The van der Waals surface area contributed by atoms with Crippen molar-refractivity contribution in [3.63, 3.8) is 0 Å². The van der Waals surface area contributed by atoms with Crippen LogP contribution in [0.15, 0.2) is 29.1 Å². The molecule has 0 aliphatic heterocycles. The number of nitrogens with one attached hydrogen (secondary N) is 1. The molecule has 1 aromatic carbocycles. The third kappa shape index (κ3) is 3.12. The molecular formula is C13H18FN5O. The summed E-state index contributed by atoms with van der Waals surface area (Å²) in [5.41, 5.74) is 11.6. The number of hydrogen-bond donors (Lipinski definition) is 3. The summed E-state index contributed by atoms with van der Waals surface area (Å²) < 4.78 is 14.3. The summed E-state index contributed by atoms with van der Waals surface area (Å²) in [5, 5.41) is 6.35. The fraction of sp³-hybridized carbons (Fsp3) is 0.385. The van der Waals surface area contributed by atoms with Gasteiger partial charge < -0.3 is 11.5 Å². The van der Waals surface area contributed by atoms with Crippen LogP contribution in [-0.2, 0) is 0 Å². The SMILES string of the molecule is NCCCC[C@H](N)c1n[nH]c(=O)n1-c1ccc(F)cc1. The Morgan fingerprint density at radius 2 is 2.00 bits per heavy atom. The molecule has 0 aliphatic carbocycles. The maximum Gasteiger partial charge on any atom is 0.347 e. The van der Waals surface area contributed by atoms with E-state index in [0.717, 1.165) is 12.8 Å². The topological polar surface area (TPSA) is 103 Å². The monoisotopic (exact) mass is 279 g/mol. The molecule has 0 aliphatic rings. The van der Waals surface area contributed by atoms with E-state index in [0.29, 0.717) is 24.5 Å². The molecule has 6 nitrogen and oxygen atoms in total. The Hall–Kier alpha value is -1.99. The molecule has 1 aromatic heterocycles. The highest BCUT2D eigenvalue weighted by Crippen LogP contribution is 2.16. The number of H-pyrrole nitrogens is 1. The van der Waals surface area contributed by atoms with Crippen LogP contribution in [0.5, 0.6) is 0 Å². The van der Waals surface area contributed by atoms with Crippen LogP contribution in [0, 0.1) is 5.82 Å². The van der Waals surface area contributed by atoms with Crippen LogP contribution in [0.4, 0.5) is 4.39 Å². The second-order valence-corrected chi connectivity index (χ2v) is 4.59. The summed E-state index contributed by atoms with van der Waals surface area (Å²) in [6.45, 7) is 0.609. The molecular weight excluding hydrogens is 261 g/mol. The molecule has 2 aromatic rings. The molecule has 20 heavy (non-hydrogen) atoms. The van der Waals surface area contributed by atoms with Crippen molar-refractivity contribution >= 4 is 0 Å². The molecule has 0 radical (unpaired) electrons. The third-order valence-electron chi connectivity index (χ3n) is 3.08. The molecule has 7 heteroatoms. The molecule has 5 N–H and O–H groups in total. The first-order chi connectivity index (χ1) is 9.63. The number of aromatic amines is 1. The van der Waals surface area contributed by atoms with Gasteiger partial charge in [0.25, 0.3) is 0 Å². The van der Waals surface area contributed by atoms with Gasteiger partial charge in [0.2, 0.25) is 0 Å². The molecule has 0 saturated heterocycles. The van der Waals surface area contributed by atoms with Gasteiger partial charge in [0, 0.05) is 0 Å². The van der Waals surface area contributed by atoms with Gasteiger partial charge in [-0.3, -0.25) is 0 Å². The summed E-state index contributed by atoms with van der Waals surface area (Å²) in [5.74, 6) is 0.0812. The Balaban J connectivity index is 2.27. The number of halogens is 1. The quantitative estimate of drug-likeness (QED) is 0.681. The Labute approximate surface area is 115 Å². The number of rotatable bonds is 6. The number of hydrogen-bond acceptors (Lipinski definition) is 4. The van der Waals surface area contributed by atoms with Crippen LogP contribution in [-0.4, -0.2) is 21.3 Å². The van der Waals surface area contributed by atoms with E-state index in [2.05, 4.69) is 10.2 Å². The van der Waals surface area contributed by atoms with Crippen LogP contribution in [0.1, 0.15) is 31.1 Å². The zero-order valence-electron chi connectivity index (χ0n) is 11.1. The number of unbranched alkanes of at least 4 members (excludes halogenated alkanes) is 1. The van der Waals surface area contributed by atoms with Gasteiger partial charge in [0.1, 0.15) is 5.82 Å². The van der Waals surface area contributed by atoms with E-state index in [1.54, 1.807) is 0 Å². The Bertz CT molecular complexity index is 604. The van der Waals surface area contributed by atoms with Gasteiger partial charge in [-0.15, -0.1) is 0 Å². The molecule has 2 rings (SSSR count). The van der Waals surface area contributed by atoms with Gasteiger partial charge in [-0.05, 0) is 43.7 Å². The summed E-state index contributed by atoms with van der Waals surface area (Å²) in [4.78, 5) is 11.8. The van der Waals surface area contributed by atoms with Gasteiger partial charge in [-0.2, -0.15) is 5.10 Å². The Morgan fingerprint density at radius 1 is 1.30 bits per heavy atom. The highest BCUT2D eigenvalue weighted by atomic mass is 19.1. The predicted molar refractivity (Wildman–Crippen MR) is 74.0 cm³/mol. The van der Waals surface area contributed by atoms with Crippen LogP contribution in [0.25, 0.3) is 5.69 Å². The first-order valence-electron chi connectivity index (χ1n) is 6.52. The first-order valence-corrected chi connectivity index (χ1v) is 6.52. The number of nitrogens with two attached hydrogens (primary N) is 2. The van der Waals surface area contributed by atoms with Gasteiger partial charge in [-0.25, -0.2) is 18.9 Å². The van der Waals surface area contributed by atoms with Crippen molar-refractivity contribution < 1.29 is 4.39 Å².